The van der Waals surface area contributed by atoms with Crippen molar-refractivity contribution >= 4 is 11.9 Å². The van der Waals surface area contributed by atoms with Crippen molar-refractivity contribution in [2.24, 2.45) is 17.8 Å². The normalized spacial score (nSPS) is 29.9. The van der Waals surface area contributed by atoms with Crippen molar-refractivity contribution in [1.82, 2.24) is 5.32 Å². The van der Waals surface area contributed by atoms with Gasteiger partial charge in [-0.05, 0) is 31.6 Å². The van der Waals surface area contributed by atoms with E-state index in [1.54, 1.807) is 0 Å². The molecular weight excluding hydrogens is 242 g/mol. The lowest BCUT2D eigenvalue weighted by molar-refractivity contribution is -0.143. The summed E-state index contributed by atoms with van der Waals surface area (Å²) in [7, 11) is 0. The number of rotatable bonds is 4. The van der Waals surface area contributed by atoms with E-state index in [9.17, 15) is 14.7 Å². The van der Waals surface area contributed by atoms with Crippen LogP contribution in [0.25, 0.3) is 0 Å². The van der Waals surface area contributed by atoms with Crippen molar-refractivity contribution in [1.29, 1.82) is 0 Å². The number of amides is 1. The number of hydrogen-bond acceptors (Lipinski definition) is 2. The SMILES string of the molecule is CC(C(=O)NC1CCCCCCC1C(=O)O)C1CC1. The lowest BCUT2D eigenvalue weighted by Crippen LogP contribution is -2.46. The quantitative estimate of drug-likeness (QED) is 0.822. The van der Waals surface area contributed by atoms with Gasteiger partial charge in [0.15, 0.2) is 0 Å². The van der Waals surface area contributed by atoms with E-state index in [-0.39, 0.29) is 17.9 Å². The molecule has 3 unspecified atom stereocenters. The maximum atomic E-state index is 12.2. The minimum atomic E-state index is -0.758. The number of carbonyl (C=O) groups is 2. The van der Waals surface area contributed by atoms with Gasteiger partial charge in [0, 0.05) is 12.0 Å². The molecule has 0 heterocycles. The molecule has 0 spiro atoms. The van der Waals surface area contributed by atoms with Gasteiger partial charge < -0.3 is 10.4 Å². The van der Waals surface area contributed by atoms with Gasteiger partial charge in [0.25, 0.3) is 0 Å². The van der Waals surface area contributed by atoms with Crippen molar-refractivity contribution in [3.05, 3.63) is 0 Å². The van der Waals surface area contributed by atoms with Gasteiger partial charge in [-0.25, -0.2) is 0 Å². The Hall–Kier alpha value is -1.06. The molecule has 0 radical (unpaired) electrons. The number of carboxylic acid groups (broad SMARTS) is 1. The second-order valence-electron chi connectivity index (χ2n) is 6.18. The third kappa shape index (κ3) is 3.95. The fourth-order valence-corrected chi connectivity index (χ4v) is 3.08. The summed E-state index contributed by atoms with van der Waals surface area (Å²) in [4.78, 5) is 23.5. The molecule has 0 aliphatic heterocycles. The van der Waals surface area contributed by atoms with Crippen LogP contribution in [0.15, 0.2) is 0 Å². The molecule has 0 aromatic carbocycles. The minimum absolute atomic E-state index is 0.0416. The first kappa shape index (κ1) is 14.4. The number of nitrogens with one attached hydrogen (secondary N) is 1. The fraction of sp³-hybridized carbons (Fsp3) is 0.867. The van der Waals surface area contributed by atoms with E-state index < -0.39 is 11.9 Å². The predicted molar refractivity (Wildman–Crippen MR) is 72.6 cm³/mol. The molecule has 0 aromatic rings. The maximum Gasteiger partial charge on any atom is 0.308 e. The van der Waals surface area contributed by atoms with Crippen molar-refractivity contribution < 1.29 is 14.7 Å². The summed E-state index contributed by atoms with van der Waals surface area (Å²) < 4.78 is 0. The van der Waals surface area contributed by atoms with Crippen LogP contribution in [0.4, 0.5) is 0 Å². The van der Waals surface area contributed by atoms with Gasteiger partial charge in [-0.1, -0.05) is 32.6 Å². The van der Waals surface area contributed by atoms with Crippen molar-refractivity contribution in [2.45, 2.75) is 64.3 Å². The van der Waals surface area contributed by atoms with Crippen LogP contribution in [0, 0.1) is 17.8 Å². The molecule has 4 heteroatoms. The van der Waals surface area contributed by atoms with Crippen molar-refractivity contribution in [3.8, 4) is 0 Å². The first-order chi connectivity index (χ1) is 9.09. The Bertz CT molecular complexity index is 338. The Morgan fingerprint density at radius 1 is 1.05 bits per heavy atom. The summed E-state index contributed by atoms with van der Waals surface area (Å²) in [5.41, 5.74) is 0. The van der Waals surface area contributed by atoms with Crippen LogP contribution < -0.4 is 5.32 Å². The topological polar surface area (TPSA) is 66.4 Å². The standard InChI is InChI=1S/C15H25NO3/c1-10(11-8-9-11)14(17)16-13-7-5-3-2-4-6-12(13)15(18)19/h10-13H,2-9H2,1H3,(H,16,17)(H,18,19). The highest BCUT2D eigenvalue weighted by Crippen LogP contribution is 2.36. The van der Waals surface area contributed by atoms with Gasteiger partial charge in [0.2, 0.25) is 5.91 Å². The van der Waals surface area contributed by atoms with Crippen molar-refractivity contribution in [3.63, 3.8) is 0 Å². The van der Waals surface area contributed by atoms with Crippen LogP contribution in [-0.2, 0) is 9.59 Å². The summed E-state index contributed by atoms with van der Waals surface area (Å²) in [6.45, 7) is 1.96. The third-order valence-electron chi connectivity index (χ3n) is 4.65. The smallest absolute Gasteiger partial charge is 0.308 e. The molecule has 2 rings (SSSR count). The van der Waals surface area contributed by atoms with Crippen LogP contribution >= 0.6 is 0 Å². The highest BCUT2D eigenvalue weighted by atomic mass is 16.4. The molecule has 0 saturated heterocycles. The van der Waals surface area contributed by atoms with E-state index in [0.717, 1.165) is 44.9 Å². The summed E-state index contributed by atoms with van der Waals surface area (Å²) in [6, 6.07) is -0.175. The summed E-state index contributed by atoms with van der Waals surface area (Å²) >= 11 is 0. The zero-order valence-corrected chi connectivity index (χ0v) is 11.7. The lowest BCUT2D eigenvalue weighted by Gasteiger charge is -2.28. The molecule has 1 amide bonds. The van der Waals surface area contributed by atoms with Gasteiger partial charge in [-0.2, -0.15) is 0 Å². The summed E-state index contributed by atoms with van der Waals surface area (Å²) in [6.07, 6.45) is 8.02. The lowest BCUT2D eigenvalue weighted by atomic mass is 9.86. The molecule has 2 saturated carbocycles. The molecule has 2 aliphatic rings. The molecule has 0 bridgehead atoms. The highest BCUT2D eigenvalue weighted by molar-refractivity contribution is 5.80. The number of hydrogen-bond donors (Lipinski definition) is 2. The van der Waals surface area contributed by atoms with E-state index in [4.69, 9.17) is 0 Å². The third-order valence-corrected chi connectivity index (χ3v) is 4.65. The minimum Gasteiger partial charge on any atom is -0.481 e. The molecular formula is C15H25NO3. The molecule has 3 atom stereocenters. The number of carbonyl (C=O) groups excluding carboxylic acids is 1. The zero-order valence-electron chi connectivity index (χ0n) is 11.7. The largest absolute Gasteiger partial charge is 0.481 e. The number of carboxylic acids is 1. The van der Waals surface area contributed by atoms with Crippen LogP contribution in [-0.4, -0.2) is 23.0 Å². The van der Waals surface area contributed by atoms with Crippen LogP contribution in [0.3, 0.4) is 0 Å². The Balaban J connectivity index is 1.95. The number of aliphatic carboxylic acids is 1. The second kappa shape index (κ2) is 6.40. The molecule has 2 aliphatic carbocycles. The van der Waals surface area contributed by atoms with E-state index in [2.05, 4.69) is 5.32 Å². The van der Waals surface area contributed by atoms with Gasteiger partial charge in [-0.15, -0.1) is 0 Å². The molecule has 19 heavy (non-hydrogen) atoms. The average Bonchev–Trinajstić information content (AvgIpc) is 3.15. The summed E-state index contributed by atoms with van der Waals surface area (Å²) in [5.74, 6) is -0.544. The van der Waals surface area contributed by atoms with Gasteiger partial charge in [0.05, 0.1) is 5.92 Å². The van der Waals surface area contributed by atoms with Crippen LogP contribution in [0.1, 0.15) is 58.3 Å². The van der Waals surface area contributed by atoms with Gasteiger partial charge >= 0.3 is 5.97 Å². The Morgan fingerprint density at radius 2 is 1.68 bits per heavy atom. The molecule has 2 fully saturated rings. The average molecular weight is 267 g/mol. The maximum absolute atomic E-state index is 12.2. The molecule has 0 aromatic heterocycles. The monoisotopic (exact) mass is 267 g/mol. The Kier molecular flexibility index (Phi) is 4.83. The first-order valence-corrected chi connectivity index (χ1v) is 7.62. The summed E-state index contributed by atoms with van der Waals surface area (Å²) in [5, 5.41) is 12.4. The van der Waals surface area contributed by atoms with E-state index in [1.165, 1.54) is 0 Å². The Morgan fingerprint density at radius 3 is 2.26 bits per heavy atom. The zero-order chi connectivity index (χ0) is 13.8. The van der Waals surface area contributed by atoms with E-state index in [1.807, 2.05) is 6.92 Å². The van der Waals surface area contributed by atoms with Crippen molar-refractivity contribution in [2.75, 3.05) is 0 Å². The predicted octanol–water partition coefficient (Wildman–Crippen LogP) is 2.57. The van der Waals surface area contributed by atoms with E-state index >= 15 is 0 Å². The molecule has 108 valence electrons. The van der Waals surface area contributed by atoms with Gasteiger partial charge in [-0.3, -0.25) is 9.59 Å². The first-order valence-electron chi connectivity index (χ1n) is 7.62. The fourth-order valence-electron chi connectivity index (χ4n) is 3.08. The van der Waals surface area contributed by atoms with Gasteiger partial charge in [0.1, 0.15) is 0 Å². The molecule has 2 N–H and O–H groups in total. The molecule has 4 nitrogen and oxygen atoms in total. The Labute approximate surface area is 115 Å². The van der Waals surface area contributed by atoms with Crippen LogP contribution in [0.2, 0.25) is 0 Å². The van der Waals surface area contributed by atoms with E-state index in [0.29, 0.717) is 12.3 Å². The van der Waals surface area contributed by atoms with Crippen LogP contribution in [0.5, 0.6) is 0 Å². The highest BCUT2D eigenvalue weighted by Gasteiger charge is 2.35. The second-order valence-corrected chi connectivity index (χ2v) is 6.18.